The molecule has 1 aromatic carbocycles. The first-order valence-corrected chi connectivity index (χ1v) is 6.78. The third kappa shape index (κ3) is 2.17. The highest BCUT2D eigenvalue weighted by Gasteiger charge is 2.17. The number of aryl methyl sites for hydroxylation is 1. The van der Waals surface area contributed by atoms with Gasteiger partial charge in [0.2, 0.25) is 0 Å². The molecule has 0 atom stereocenters. The molecular formula is C11H14N4O2S. The van der Waals surface area contributed by atoms with Crippen molar-refractivity contribution in [1.29, 1.82) is 0 Å². The van der Waals surface area contributed by atoms with Crippen LogP contribution in [0.25, 0.3) is 0 Å². The monoisotopic (exact) mass is 266 g/mol. The van der Waals surface area contributed by atoms with Crippen LogP contribution >= 0.6 is 0 Å². The Kier molecular flexibility index (Phi) is 3.00. The predicted molar refractivity (Wildman–Crippen MR) is 69.7 cm³/mol. The molecule has 4 N–H and O–H groups in total. The lowest BCUT2D eigenvalue weighted by Gasteiger charge is -2.12. The molecule has 0 aliphatic heterocycles. The fourth-order valence-electron chi connectivity index (χ4n) is 1.57. The molecule has 0 unspecified atom stereocenters. The molecule has 96 valence electrons. The quantitative estimate of drug-likeness (QED) is 0.731. The molecule has 0 amide bonds. The molecule has 1 aromatic heterocycles. The highest BCUT2D eigenvalue weighted by atomic mass is 32.2. The molecule has 0 fully saturated rings. The van der Waals surface area contributed by atoms with E-state index < -0.39 is 10.0 Å². The molecule has 2 rings (SSSR count). The molecule has 1 heterocycles. The summed E-state index contributed by atoms with van der Waals surface area (Å²) in [6.45, 7) is 3.64. The molecule has 0 spiro atoms. The SMILES string of the molecule is Cc1ccc(NS(=O)(=O)c2ccn[nH]2)c(C)c1N. The van der Waals surface area contributed by atoms with Gasteiger partial charge in [0, 0.05) is 5.69 Å². The number of anilines is 2. The number of nitrogens with zero attached hydrogens (tertiary/aromatic N) is 1. The number of nitrogens with one attached hydrogen (secondary N) is 2. The summed E-state index contributed by atoms with van der Waals surface area (Å²) in [5.74, 6) is 0. The molecule has 0 saturated carbocycles. The number of nitrogens with two attached hydrogens (primary N) is 1. The van der Waals surface area contributed by atoms with Gasteiger partial charge in [0.05, 0.1) is 11.9 Å². The van der Waals surface area contributed by atoms with Crippen molar-refractivity contribution in [3.8, 4) is 0 Å². The van der Waals surface area contributed by atoms with Gasteiger partial charge in [0.15, 0.2) is 5.03 Å². The normalized spacial score (nSPS) is 11.4. The van der Waals surface area contributed by atoms with Crippen LogP contribution in [0.2, 0.25) is 0 Å². The molecule has 2 aromatic rings. The van der Waals surface area contributed by atoms with Crippen LogP contribution in [0.1, 0.15) is 11.1 Å². The van der Waals surface area contributed by atoms with Crippen LogP contribution in [0, 0.1) is 13.8 Å². The van der Waals surface area contributed by atoms with E-state index in [1.54, 1.807) is 19.1 Å². The Morgan fingerprint density at radius 1 is 1.28 bits per heavy atom. The first kappa shape index (κ1) is 12.4. The maximum absolute atomic E-state index is 12.0. The summed E-state index contributed by atoms with van der Waals surface area (Å²) in [5, 5.41) is 6.04. The number of sulfonamides is 1. The standard InChI is InChI=1S/C11H14N4O2S/c1-7-3-4-9(8(2)11(7)12)15-18(16,17)10-5-6-13-14-10/h3-6,15H,12H2,1-2H3,(H,13,14). The lowest BCUT2D eigenvalue weighted by molar-refractivity contribution is 0.597. The zero-order valence-corrected chi connectivity index (χ0v) is 10.9. The van der Waals surface area contributed by atoms with Crippen molar-refractivity contribution in [3.63, 3.8) is 0 Å². The van der Waals surface area contributed by atoms with Crippen LogP contribution in [-0.4, -0.2) is 18.6 Å². The summed E-state index contributed by atoms with van der Waals surface area (Å²) in [5.41, 5.74) is 8.53. The van der Waals surface area contributed by atoms with Gasteiger partial charge in [-0.1, -0.05) is 6.07 Å². The van der Waals surface area contributed by atoms with Crippen molar-refractivity contribution >= 4 is 21.4 Å². The number of nitrogen functional groups attached to an aromatic ring is 1. The van der Waals surface area contributed by atoms with Crippen molar-refractivity contribution in [2.75, 3.05) is 10.5 Å². The van der Waals surface area contributed by atoms with E-state index in [9.17, 15) is 8.42 Å². The van der Waals surface area contributed by atoms with Crippen molar-refractivity contribution in [2.24, 2.45) is 0 Å². The van der Waals surface area contributed by atoms with Gasteiger partial charge in [-0.25, -0.2) is 0 Å². The highest BCUT2D eigenvalue weighted by Crippen LogP contribution is 2.26. The number of hydrogen-bond donors (Lipinski definition) is 3. The maximum atomic E-state index is 12.0. The second kappa shape index (κ2) is 4.34. The lowest BCUT2D eigenvalue weighted by Crippen LogP contribution is -2.14. The molecule has 6 nitrogen and oxygen atoms in total. The van der Waals surface area contributed by atoms with Gasteiger partial charge in [-0.15, -0.1) is 0 Å². The Hall–Kier alpha value is -2.02. The summed E-state index contributed by atoms with van der Waals surface area (Å²) >= 11 is 0. The Bertz CT molecular complexity index is 663. The number of hydrogen-bond acceptors (Lipinski definition) is 4. The Labute approximate surface area is 105 Å². The van der Waals surface area contributed by atoms with Crippen LogP contribution < -0.4 is 10.5 Å². The average molecular weight is 266 g/mol. The number of aromatic nitrogens is 2. The first-order chi connectivity index (χ1) is 8.42. The van der Waals surface area contributed by atoms with Crippen LogP contribution in [-0.2, 0) is 10.0 Å². The fraction of sp³-hybridized carbons (Fsp3) is 0.182. The van der Waals surface area contributed by atoms with Gasteiger partial charge < -0.3 is 5.73 Å². The molecule has 0 bridgehead atoms. The summed E-state index contributed by atoms with van der Waals surface area (Å²) in [6.07, 6.45) is 1.38. The Morgan fingerprint density at radius 3 is 2.61 bits per heavy atom. The zero-order valence-electron chi connectivity index (χ0n) is 10.1. The van der Waals surface area contributed by atoms with Crippen LogP contribution in [0.15, 0.2) is 29.4 Å². The lowest BCUT2D eigenvalue weighted by atomic mass is 10.1. The third-order valence-electron chi connectivity index (χ3n) is 2.74. The second-order valence-corrected chi connectivity index (χ2v) is 5.65. The predicted octanol–water partition coefficient (Wildman–Crippen LogP) is 1.41. The van der Waals surface area contributed by atoms with Gasteiger partial charge >= 0.3 is 0 Å². The van der Waals surface area contributed by atoms with E-state index in [-0.39, 0.29) is 5.03 Å². The maximum Gasteiger partial charge on any atom is 0.278 e. The topological polar surface area (TPSA) is 101 Å². The van der Waals surface area contributed by atoms with E-state index >= 15 is 0 Å². The highest BCUT2D eigenvalue weighted by molar-refractivity contribution is 7.92. The van der Waals surface area contributed by atoms with E-state index in [0.29, 0.717) is 16.9 Å². The summed E-state index contributed by atoms with van der Waals surface area (Å²) < 4.78 is 26.5. The molecule has 18 heavy (non-hydrogen) atoms. The van der Waals surface area contributed by atoms with Gasteiger partial charge in [-0.05, 0) is 37.1 Å². The molecule has 7 heteroatoms. The van der Waals surface area contributed by atoms with E-state index in [1.807, 2.05) is 6.92 Å². The van der Waals surface area contributed by atoms with Crippen LogP contribution in [0.4, 0.5) is 11.4 Å². The second-order valence-electron chi connectivity index (χ2n) is 4.00. The van der Waals surface area contributed by atoms with E-state index in [2.05, 4.69) is 14.9 Å². The van der Waals surface area contributed by atoms with Gasteiger partial charge in [-0.3, -0.25) is 9.82 Å². The molecule has 0 radical (unpaired) electrons. The minimum absolute atomic E-state index is 0.0149. The smallest absolute Gasteiger partial charge is 0.278 e. The van der Waals surface area contributed by atoms with Crippen molar-refractivity contribution < 1.29 is 8.42 Å². The molecular weight excluding hydrogens is 252 g/mol. The number of H-pyrrole nitrogens is 1. The van der Waals surface area contributed by atoms with E-state index in [4.69, 9.17) is 5.73 Å². The Morgan fingerprint density at radius 2 is 2.00 bits per heavy atom. The van der Waals surface area contributed by atoms with Crippen molar-refractivity contribution in [1.82, 2.24) is 10.2 Å². The number of rotatable bonds is 3. The Balaban J connectivity index is 2.39. The van der Waals surface area contributed by atoms with Gasteiger partial charge in [-0.2, -0.15) is 13.5 Å². The number of benzene rings is 1. The van der Waals surface area contributed by atoms with E-state index in [0.717, 1.165) is 5.56 Å². The third-order valence-corrected chi connectivity index (χ3v) is 4.04. The molecule has 0 aliphatic rings. The molecule has 0 aliphatic carbocycles. The van der Waals surface area contributed by atoms with Crippen LogP contribution in [0.5, 0.6) is 0 Å². The minimum Gasteiger partial charge on any atom is -0.398 e. The van der Waals surface area contributed by atoms with Gasteiger partial charge in [0.25, 0.3) is 10.0 Å². The van der Waals surface area contributed by atoms with Crippen molar-refractivity contribution in [2.45, 2.75) is 18.9 Å². The summed E-state index contributed by atoms with van der Waals surface area (Å²) in [7, 11) is -3.65. The fourth-order valence-corrected chi connectivity index (χ4v) is 2.60. The summed E-state index contributed by atoms with van der Waals surface area (Å²) in [4.78, 5) is 0. The molecule has 0 saturated heterocycles. The number of aromatic amines is 1. The van der Waals surface area contributed by atoms with Crippen molar-refractivity contribution in [3.05, 3.63) is 35.5 Å². The van der Waals surface area contributed by atoms with E-state index in [1.165, 1.54) is 12.3 Å². The summed E-state index contributed by atoms with van der Waals surface area (Å²) in [6, 6.07) is 4.84. The zero-order chi connectivity index (χ0) is 13.3. The minimum atomic E-state index is -3.65. The first-order valence-electron chi connectivity index (χ1n) is 5.29. The largest absolute Gasteiger partial charge is 0.398 e. The van der Waals surface area contributed by atoms with Gasteiger partial charge in [0.1, 0.15) is 0 Å². The average Bonchev–Trinajstić information content (AvgIpc) is 2.84. The van der Waals surface area contributed by atoms with Crippen LogP contribution in [0.3, 0.4) is 0 Å².